The summed E-state index contributed by atoms with van der Waals surface area (Å²) in [6, 6.07) is 0. The Bertz CT molecular complexity index is 166. The zero-order chi connectivity index (χ0) is 9.80. The molecule has 0 bridgehead atoms. The lowest BCUT2D eigenvalue weighted by Gasteiger charge is -2.28. The number of hydrogen-bond donors (Lipinski definition) is 1. The lowest BCUT2D eigenvalue weighted by Crippen LogP contribution is -2.35. The fraction of sp³-hybridized carbons (Fsp3) is 1.00. The number of hydrogen-bond acceptors (Lipinski definition) is 2. The van der Waals surface area contributed by atoms with Gasteiger partial charge in [-0.2, -0.15) is 0 Å². The Morgan fingerprint density at radius 3 is 2.93 bits per heavy atom. The zero-order valence-electron chi connectivity index (χ0n) is 9.30. The predicted octanol–water partition coefficient (Wildman–Crippen LogP) is 2.19. The lowest BCUT2D eigenvalue weighted by molar-refractivity contribution is 0.0952. The van der Waals surface area contributed by atoms with Gasteiger partial charge in [-0.1, -0.05) is 6.92 Å². The van der Waals surface area contributed by atoms with Gasteiger partial charge in [0.25, 0.3) is 0 Å². The molecule has 2 aliphatic heterocycles. The van der Waals surface area contributed by atoms with Crippen molar-refractivity contribution in [3.63, 3.8) is 0 Å². The molecule has 3 unspecified atom stereocenters. The van der Waals surface area contributed by atoms with Gasteiger partial charge in [0.15, 0.2) is 0 Å². The summed E-state index contributed by atoms with van der Waals surface area (Å²) in [5.74, 6) is 1.78. The molecule has 2 heterocycles. The third-order valence-electron chi connectivity index (χ3n) is 3.58. The van der Waals surface area contributed by atoms with Gasteiger partial charge in [0.1, 0.15) is 0 Å². The Morgan fingerprint density at radius 2 is 2.21 bits per heavy atom. The van der Waals surface area contributed by atoms with Gasteiger partial charge in [0.05, 0.1) is 6.10 Å². The largest absolute Gasteiger partial charge is 0.378 e. The van der Waals surface area contributed by atoms with E-state index in [2.05, 4.69) is 12.2 Å². The summed E-state index contributed by atoms with van der Waals surface area (Å²) in [7, 11) is 0. The van der Waals surface area contributed by atoms with E-state index in [4.69, 9.17) is 4.74 Å². The second kappa shape index (κ2) is 5.13. The van der Waals surface area contributed by atoms with Crippen molar-refractivity contribution < 1.29 is 4.74 Å². The maximum Gasteiger partial charge on any atom is 0.0576 e. The van der Waals surface area contributed by atoms with Crippen LogP contribution in [-0.2, 0) is 4.74 Å². The molecule has 3 atom stereocenters. The van der Waals surface area contributed by atoms with Crippen molar-refractivity contribution in [2.45, 2.75) is 45.1 Å². The van der Waals surface area contributed by atoms with Gasteiger partial charge in [-0.3, -0.25) is 0 Å². The molecule has 0 spiro atoms. The van der Waals surface area contributed by atoms with Gasteiger partial charge in [0, 0.05) is 6.61 Å². The molecule has 0 aromatic carbocycles. The fourth-order valence-electron chi connectivity index (χ4n) is 2.78. The molecule has 2 fully saturated rings. The maximum atomic E-state index is 5.65. The normalized spacial score (nSPS) is 38.8. The van der Waals surface area contributed by atoms with E-state index >= 15 is 0 Å². The van der Waals surface area contributed by atoms with Crippen molar-refractivity contribution in [1.29, 1.82) is 0 Å². The first-order valence-corrected chi connectivity index (χ1v) is 6.17. The minimum Gasteiger partial charge on any atom is -0.378 e. The minimum atomic E-state index is 0.590. The molecule has 1 N–H and O–H groups in total. The predicted molar refractivity (Wildman–Crippen MR) is 58.3 cm³/mol. The van der Waals surface area contributed by atoms with Crippen LogP contribution in [0.1, 0.15) is 39.0 Å². The van der Waals surface area contributed by atoms with E-state index < -0.39 is 0 Å². The molecule has 2 nitrogen and oxygen atoms in total. The van der Waals surface area contributed by atoms with E-state index in [1.54, 1.807) is 0 Å². The summed E-state index contributed by atoms with van der Waals surface area (Å²) >= 11 is 0. The van der Waals surface area contributed by atoms with Gasteiger partial charge in [-0.25, -0.2) is 0 Å². The summed E-state index contributed by atoms with van der Waals surface area (Å²) < 4.78 is 5.65. The Morgan fingerprint density at radius 1 is 1.29 bits per heavy atom. The van der Waals surface area contributed by atoms with Crippen molar-refractivity contribution in [3.05, 3.63) is 0 Å². The molecule has 2 saturated heterocycles. The summed E-state index contributed by atoms with van der Waals surface area (Å²) in [6.45, 7) is 5.81. The average molecular weight is 197 g/mol. The molecule has 0 aliphatic carbocycles. The molecule has 0 aromatic heterocycles. The first kappa shape index (κ1) is 10.4. The van der Waals surface area contributed by atoms with E-state index in [1.807, 2.05) is 0 Å². The van der Waals surface area contributed by atoms with Crippen LogP contribution in [0.5, 0.6) is 0 Å². The lowest BCUT2D eigenvalue weighted by atomic mass is 9.87. The van der Waals surface area contributed by atoms with Crippen LogP contribution in [0.3, 0.4) is 0 Å². The zero-order valence-corrected chi connectivity index (χ0v) is 9.30. The Hall–Kier alpha value is -0.0800. The van der Waals surface area contributed by atoms with Crippen molar-refractivity contribution in [3.8, 4) is 0 Å². The summed E-state index contributed by atoms with van der Waals surface area (Å²) in [4.78, 5) is 0. The molecule has 2 aliphatic rings. The van der Waals surface area contributed by atoms with Crippen molar-refractivity contribution >= 4 is 0 Å². The van der Waals surface area contributed by atoms with Crippen LogP contribution in [0, 0.1) is 11.8 Å². The van der Waals surface area contributed by atoms with Crippen LogP contribution in [0.25, 0.3) is 0 Å². The van der Waals surface area contributed by atoms with E-state index in [0.717, 1.165) is 18.4 Å². The highest BCUT2D eigenvalue weighted by Gasteiger charge is 2.21. The molecule has 0 radical (unpaired) electrons. The standard InChI is InChI=1S/C12H23NO/c1-10-7-11(9-13-8-10)4-5-12-3-2-6-14-12/h10-13H,2-9H2,1H3. The molecule has 0 saturated carbocycles. The third-order valence-corrected chi connectivity index (χ3v) is 3.58. The molecule has 82 valence electrons. The number of piperidine rings is 1. The first-order chi connectivity index (χ1) is 6.84. The van der Waals surface area contributed by atoms with E-state index in [1.165, 1.54) is 45.2 Å². The van der Waals surface area contributed by atoms with Crippen LogP contribution in [0.15, 0.2) is 0 Å². The average Bonchev–Trinajstić information content (AvgIpc) is 2.67. The van der Waals surface area contributed by atoms with Gasteiger partial charge < -0.3 is 10.1 Å². The number of rotatable bonds is 3. The minimum absolute atomic E-state index is 0.590. The molecular weight excluding hydrogens is 174 g/mol. The van der Waals surface area contributed by atoms with Crippen LogP contribution in [-0.4, -0.2) is 25.8 Å². The number of ether oxygens (including phenoxy) is 1. The van der Waals surface area contributed by atoms with E-state index in [9.17, 15) is 0 Å². The highest BCUT2D eigenvalue weighted by Crippen LogP contribution is 2.24. The van der Waals surface area contributed by atoms with Crippen molar-refractivity contribution in [2.24, 2.45) is 11.8 Å². The Balaban J connectivity index is 1.64. The van der Waals surface area contributed by atoms with Gasteiger partial charge in [-0.05, 0) is 57.0 Å². The molecule has 2 heteroatoms. The van der Waals surface area contributed by atoms with Crippen LogP contribution < -0.4 is 5.32 Å². The monoisotopic (exact) mass is 197 g/mol. The molecule has 0 amide bonds. The van der Waals surface area contributed by atoms with Gasteiger partial charge >= 0.3 is 0 Å². The SMILES string of the molecule is CC1CNCC(CCC2CCCO2)C1. The third kappa shape index (κ3) is 2.96. The second-order valence-electron chi connectivity index (χ2n) is 5.08. The maximum absolute atomic E-state index is 5.65. The summed E-state index contributed by atoms with van der Waals surface area (Å²) in [6.07, 6.45) is 7.24. The van der Waals surface area contributed by atoms with Crippen LogP contribution in [0.4, 0.5) is 0 Å². The Kier molecular flexibility index (Phi) is 3.82. The first-order valence-electron chi connectivity index (χ1n) is 6.17. The highest BCUT2D eigenvalue weighted by atomic mass is 16.5. The fourth-order valence-corrected chi connectivity index (χ4v) is 2.78. The van der Waals surface area contributed by atoms with E-state index in [-0.39, 0.29) is 0 Å². The van der Waals surface area contributed by atoms with Crippen LogP contribution >= 0.6 is 0 Å². The molecular formula is C12H23NO. The van der Waals surface area contributed by atoms with Gasteiger partial charge in [0.2, 0.25) is 0 Å². The van der Waals surface area contributed by atoms with E-state index in [0.29, 0.717) is 6.10 Å². The molecule has 14 heavy (non-hydrogen) atoms. The topological polar surface area (TPSA) is 21.3 Å². The smallest absolute Gasteiger partial charge is 0.0576 e. The molecule has 2 rings (SSSR count). The Labute approximate surface area is 87.4 Å². The quantitative estimate of drug-likeness (QED) is 0.749. The van der Waals surface area contributed by atoms with Crippen molar-refractivity contribution in [1.82, 2.24) is 5.32 Å². The van der Waals surface area contributed by atoms with Crippen LogP contribution in [0.2, 0.25) is 0 Å². The van der Waals surface area contributed by atoms with Gasteiger partial charge in [-0.15, -0.1) is 0 Å². The second-order valence-corrected chi connectivity index (χ2v) is 5.08. The number of nitrogens with one attached hydrogen (secondary N) is 1. The highest BCUT2D eigenvalue weighted by molar-refractivity contribution is 4.75. The molecule has 0 aromatic rings. The summed E-state index contributed by atoms with van der Waals surface area (Å²) in [5, 5.41) is 3.52. The van der Waals surface area contributed by atoms with Crippen molar-refractivity contribution in [2.75, 3.05) is 19.7 Å². The summed E-state index contributed by atoms with van der Waals surface area (Å²) in [5.41, 5.74) is 0.